The summed E-state index contributed by atoms with van der Waals surface area (Å²) in [5.74, 6) is 1.77. The number of rotatable bonds is 10. The Kier molecular flexibility index (Phi) is 7.43. The van der Waals surface area contributed by atoms with Gasteiger partial charge in [-0.15, -0.1) is 0 Å². The van der Waals surface area contributed by atoms with Gasteiger partial charge in [0.05, 0.1) is 12.3 Å². The van der Waals surface area contributed by atoms with E-state index in [0.29, 0.717) is 33.0 Å². The van der Waals surface area contributed by atoms with Crippen molar-refractivity contribution in [2.75, 3.05) is 38.3 Å². The average molecular weight is 329 g/mol. The second-order valence-corrected chi connectivity index (χ2v) is 5.59. The zero-order valence-corrected chi connectivity index (χ0v) is 14.8. The first-order valence-corrected chi connectivity index (χ1v) is 8.44. The van der Waals surface area contributed by atoms with Gasteiger partial charge in [-0.3, -0.25) is 0 Å². The van der Waals surface area contributed by atoms with E-state index in [1.54, 1.807) is 0 Å². The molecule has 0 bridgehead atoms. The Morgan fingerprint density at radius 3 is 2.46 bits per heavy atom. The van der Waals surface area contributed by atoms with Crippen LogP contribution >= 0.6 is 0 Å². The van der Waals surface area contributed by atoms with Crippen molar-refractivity contribution in [3.8, 4) is 11.5 Å². The van der Waals surface area contributed by atoms with Crippen molar-refractivity contribution < 1.29 is 14.2 Å². The van der Waals surface area contributed by atoms with Crippen LogP contribution in [0.5, 0.6) is 11.5 Å². The topological polar surface area (TPSA) is 39.7 Å². The molecule has 24 heavy (non-hydrogen) atoms. The number of anilines is 1. The Bertz CT molecular complexity index is 628. The zero-order valence-electron chi connectivity index (χ0n) is 14.8. The lowest BCUT2D eigenvalue weighted by atomic mass is 10.1. The summed E-state index contributed by atoms with van der Waals surface area (Å²) in [5.41, 5.74) is 3.38. The molecule has 0 fully saturated rings. The third-order valence-corrected chi connectivity index (χ3v) is 3.58. The van der Waals surface area contributed by atoms with Gasteiger partial charge in [-0.1, -0.05) is 29.8 Å². The summed E-state index contributed by atoms with van der Waals surface area (Å²) in [6.07, 6.45) is 0. The normalized spacial score (nSPS) is 10.5. The SMILES string of the molecule is CCOCCOc1ccccc1NCCOc1ccc(C)cc1C. The Morgan fingerprint density at radius 2 is 1.67 bits per heavy atom. The molecule has 0 unspecified atom stereocenters. The molecule has 1 N–H and O–H groups in total. The highest BCUT2D eigenvalue weighted by Crippen LogP contribution is 2.23. The van der Waals surface area contributed by atoms with Gasteiger partial charge in [0.15, 0.2) is 0 Å². The predicted octanol–water partition coefficient (Wildman–Crippen LogP) is 4.21. The monoisotopic (exact) mass is 329 g/mol. The molecule has 0 aliphatic carbocycles. The van der Waals surface area contributed by atoms with E-state index in [4.69, 9.17) is 14.2 Å². The van der Waals surface area contributed by atoms with E-state index < -0.39 is 0 Å². The smallest absolute Gasteiger partial charge is 0.142 e. The van der Waals surface area contributed by atoms with E-state index >= 15 is 0 Å². The maximum Gasteiger partial charge on any atom is 0.142 e. The van der Waals surface area contributed by atoms with Crippen molar-refractivity contribution in [1.82, 2.24) is 0 Å². The van der Waals surface area contributed by atoms with E-state index in [0.717, 1.165) is 22.7 Å². The summed E-state index contributed by atoms with van der Waals surface area (Å²) in [4.78, 5) is 0. The van der Waals surface area contributed by atoms with Crippen molar-refractivity contribution in [3.63, 3.8) is 0 Å². The molecule has 0 aliphatic rings. The number of nitrogens with one attached hydrogen (secondary N) is 1. The lowest BCUT2D eigenvalue weighted by molar-refractivity contribution is 0.110. The third kappa shape index (κ3) is 5.78. The Balaban J connectivity index is 1.79. The second kappa shape index (κ2) is 9.83. The molecule has 0 spiro atoms. The number of benzene rings is 2. The number of ether oxygens (including phenoxy) is 3. The van der Waals surface area contributed by atoms with Gasteiger partial charge in [0.25, 0.3) is 0 Å². The van der Waals surface area contributed by atoms with Gasteiger partial charge in [0, 0.05) is 13.2 Å². The van der Waals surface area contributed by atoms with Gasteiger partial charge in [-0.2, -0.15) is 0 Å². The summed E-state index contributed by atoms with van der Waals surface area (Å²) in [6, 6.07) is 14.1. The van der Waals surface area contributed by atoms with Crippen molar-refractivity contribution in [1.29, 1.82) is 0 Å². The van der Waals surface area contributed by atoms with Gasteiger partial charge >= 0.3 is 0 Å². The molecule has 4 nitrogen and oxygen atoms in total. The lowest BCUT2D eigenvalue weighted by Crippen LogP contribution is -2.13. The maximum atomic E-state index is 5.84. The Hall–Kier alpha value is -2.20. The first kappa shape index (κ1) is 18.1. The highest BCUT2D eigenvalue weighted by atomic mass is 16.5. The molecule has 0 aromatic heterocycles. The van der Waals surface area contributed by atoms with Crippen LogP contribution in [0.15, 0.2) is 42.5 Å². The maximum absolute atomic E-state index is 5.84. The van der Waals surface area contributed by atoms with Crippen molar-refractivity contribution in [3.05, 3.63) is 53.6 Å². The fourth-order valence-electron chi connectivity index (χ4n) is 2.40. The van der Waals surface area contributed by atoms with E-state index in [2.05, 4.69) is 31.3 Å². The largest absolute Gasteiger partial charge is 0.491 e. The summed E-state index contributed by atoms with van der Waals surface area (Å²) in [6.45, 7) is 9.28. The van der Waals surface area contributed by atoms with Crippen LogP contribution in [-0.2, 0) is 4.74 Å². The van der Waals surface area contributed by atoms with E-state index in [1.165, 1.54) is 5.56 Å². The van der Waals surface area contributed by atoms with Gasteiger partial charge < -0.3 is 19.5 Å². The molecule has 4 heteroatoms. The van der Waals surface area contributed by atoms with Crippen molar-refractivity contribution in [2.24, 2.45) is 0 Å². The molecular weight excluding hydrogens is 302 g/mol. The summed E-state index contributed by atoms with van der Waals surface area (Å²) in [5, 5.41) is 3.36. The van der Waals surface area contributed by atoms with E-state index in [1.807, 2.05) is 37.3 Å². The molecule has 2 rings (SSSR count). The van der Waals surface area contributed by atoms with Gasteiger partial charge in [0.2, 0.25) is 0 Å². The molecule has 2 aromatic rings. The Morgan fingerprint density at radius 1 is 0.875 bits per heavy atom. The van der Waals surface area contributed by atoms with Crippen LogP contribution in [0.4, 0.5) is 5.69 Å². The number of hydrogen-bond acceptors (Lipinski definition) is 4. The molecule has 0 aliphatic heterocycles. The minimum absolute atomic E-state index is 0.547. The molecule has 0 saturated heterocycles. The molecule has 0 saturated carbocycles. The molecular formula is C20H27NO3. The standard InChI is InChI=1S/C20H27NO3/c1-4-22-13-14-24-20-8-6-5-7-18(20)21-11-12-23-19-10-9-16(2)15-17(19)3/h5-10,15,21H,4,11-14H2,1-3H3. The average Bonchev–Trinajstić information content (AvgIpc) is 2.58. The summed E-state index contributed by atoms with van der Waals surface area (Å²) < 4.78 is 16.9. The van der Waals surface area contributed by atoms with Crippen LogP contribution in [0.3, 0.4) is 0 Å². The molecule has 0 radical (unpaired) electrons. The fraction of sp³-hybridized carbons (Fsp3) is 0.400. The number of aryl methyl sites for hydroxylation is 2. The van der Waals surface area contributed by atoms with Crippen LogP contribution in [-0.4, -0.2) is 33.0 Å². The third-order valence-electron chi connectivity index (χ3n) is 3.58. The second-order valence-electron chi connectivity index (χ2n) is 5.59. The number of para-hydroxylation sites is 2. The van der Waals surface area contributed by atoms with Gasteiger partial charge in [-0.25, -0.2) is 0 Å². The van der Waals surface area contributed by atoms with E-state index in [9.17, 15) is 0 Å². The van der Waals surface area contributed by atoms with Crippen LogP contribution < -0.4 is 14.8 Å². The van der Waals surface area contributed by atoms with Crippen LogP contribution in [0, 0.1) is 13.8 Å². The van der Waals surface area contributed by atoms with Crippen molar-refractivity contribution in [2.45, 2.75) is 20.8 Å². The summed E-state index contributed by atoms with van der Waals surface area (Å²) >= 11 is 0. The molecule has 2 aromatic carbocycles. The highest BCUT2D eigenvalue weighted by Gasteiger charge is 2.03. The van der Waals surface area contributed by atoms with Crippen molar-refractivity contribution >= 4 is 5.69 Å². The first-order chi connectivity index (χ1) is 11.7. The van der Waals surface area contributed by atoms with Gasteiger partial charge in [0.1, 0.15) is 24.7 Å². The van der Waals surface area contributed by atoms with E-state index in [-0.39, 0.29) is 0 Å². The molecule has 0 atom stereocenters. The molecule has 0 heterocycles. The number of hydrogen-bond donors (Lipinski definition) is 1. The summed E-state index contributed by atoms with van der Waals surface area (Å²) in [7, 11) is 0. The quantitative estimate of drug-likeness (QED) is 0.663. The van der Waals surface area contributed by atoms with Crippen LogP contribution in [0.2, 0.25) is 0 Å². The fourth-order valence-corrected chi connectivity index (χ4v) is 2.40. The highest BCUT2D eigenvalue weighted by molar-refractivity contribution is 5.56. The van der Waals surface area contributed by atoms with Crippen LogP contribution in [0.25, 0.3) is 0 Å². The lowest BCUT2D eigenvalue weighted by Gasteiger charge is -2.14. The Labute approximate surface area is 144 Å². The minimum atomic E-state index is 0.547. The molecule has 0 amide bonds. The predicted molar refractivity (Wildman–Crippen MR) is 98.3 cm³/mol. The zero-order chi connectivity index (χ0) is 17.2. The minimum Gasteiger partial charge on any atom is -0.491 e. The molecule has 130 valence electrons. The van der Waals surface area contributed by atoms with Gasteiger partial charge in [-0.05, 0) is 44.5 Å². The first-order valence-electron chi connectivity index (χ1n) is 8.44. The van der Waals surface area contributed by atoms with Crippen LogP contribution in [0.1, 0.15) is 18.1 Å².